The van der Waals surface area contributed by atoms with Gasteiger partial charge in [-0.1, -0.05) is 18.2 Å². The normalized spacial score (nSPS) is 18.5. The lowest BCUT2D eigenvalue weighted by atomic mass is 10.1. The SMILES string of the molecule is C[NH2+]c1cnc(N2CCN(C(=O)C3CC3)CC2)c2ccccc12. The van der Waals surface area contributed by atoms with Crippen LogP contribution in [0.4, 0.5) is 11.5 Å². The number of fused-ring (bicyclic) bond motifs is 1. The fourth-order valence-electron chi connectivity index (χ4n) is 3.41. The van der Waals surface area contributed by atoms with Crippen LogP contribution in [-0.2, 0) is 4.79 Å². The molecule has 23 heavy (non-hydrogen) atoms. The van der Waals surface area contributed by atoms with E-state index in [9.17, 15) is 4.79 Å². The first-order valence-corrected chi connectivity index (χ1v) is 8.49. The summed E-state index contributed by atoms with van der Waals surface area (Å²) in [5.74, 6) is 1.72. The molecule has 0 radical (unpaired) electrons. The van der Waals surface area contributed by atoms with Crippen molar-refractivity contribution in [2.45, 2.75) is 12.8 Å². The molecule has 1 aliphatic heterocycles. The molecule has 2 aromatic rings. The quantitative estimate of drug-likeness (QED) is 0.924. The van der Waals surface area contributed by atoms with Crippen molar-refractivity contribution >= 4 is 28.2 Å². The highest BCUT2D eigenvalue weighted by Crippen LogP contribution is 2.32. The number of carbonyl (C=O) groups excluding carboxylic acids is 1. The van der Waals surface area contributed by atoms with Crippen molar-refractivity contribution < 1.29 is 10.1 Å². The Bertz CT molecular complexity index is 733. The summed E-state index contributed by atoms with van der Waals surface area (Å²) >= 11 is 0. The summed E-state index contributed by atoms with van der Waals surface area (Å²) in [4.78, 5) is 21.2. The first-order chi connectivity index (χ1) is 11.3. The largest absolute Gasteiger partial charge is 0.353 e. The second kappa shape index (κ2) is 5.81. The van der Waals surface area contributed by atoms with Gasteiger partial charge in [0, 0.05) is 42.9 Å². The van der Waals surface area contributed by atoms with Crippen LogP contribution < -0.4 is 10.2 Å². The number of pyridine rings is 1. The van der Waals surface area contributed by atoms with Crippen molar-refractivity contribution in [2.24, 2.45) is 5.92 Å². The van der Waals surface area contributed by atoms with Crippen LogP contribution in [0.2, 0.25) is 0 Å². The average molecular weight is 311 g/mol. The number of amides is 1. The van der Waals surface area contributed by atoms with Crippen molar-refractivity contribution in [2.75, 3.05) is 38.1 Å². The van der Waals surface area contributed by atoms with Gasteiger partial charge in [-0.15, -0.1) is 0 Å². The molecule has 1 amide bonds. The number of rotatable bonds is 3. The predicted molar refractivity (Wildman–Crippen MR) is 90.8 cm³/mol. The zero-order valence-electron chi connectivity index (χ0n) is 13.5. The van der Waals surface area contributed by atoms with Gasteiger partial charge in [-0.25, -0.2) is 4.98 Å². The van der Waals surface area contributed by atoms with Crippen molar-refractivity contribution in [1.82, 2.24) is 9.88 Å². The molecule has 1 saturated heterocycles. The number of hydrogen-bond donors (Lipinski definition) is 1. The maximum atomic E-state index is 12.2. The highest BCUT2D eigenvalue weighted by molar-refractivity contribution is 5.97. The topological polar surface area (TPSA) is 53.1 Å². The molecule has 0 unspecified atom stereocenters. The van der Waals surface area contributed by atoms with E-state index in [1.165, 1.54) is 16.5 Å². The molecule has 2 aliphatic rings. The lowest BCUT2D eigenvalue weighted by Crippen LogP contribution is -2.72. The Balaban J connectivity index is 1.57. The van der Waals surface area contributed by atoms with Crippen LogP contribution >= 0.6 is 0 Å². The van der Waals surface area contributed by atoms with Crippen LogP contribution in [0.1, 0.15) is 12.8 Å². The van der Waals surface area contributed by atoms with E-state index >= 15 is 0 Å². The predicted octanol–water partition coefficient (Wildman–Crippen LogP) is 1.12. The maximum Gasteiger partial charge on any atom is 0.225 e. The van der Waals surface area contributed by atoms with Gasteiger partial charge in [0.2, 0.25) is 5.91 Å². The molecule has 120 valence electrons. The number of aromatic nitrogens is 1. The molecular formula is C18H23N4O+. The van der Waals surface area contributed by atoms with E-state index in [0.717, 1.165) is 44.8 Å². The Labute approximate surface area is 136 Å². The first kappa shape index (κ1) is 14.5. The summed E-state index contributed by atoms with van der Waals surface area (Å²) < 4.78 is 0. The molecule has 1 saturated carbocycles. The van der Waals surface area contributed by atoms with Crippen LogP contribution in [-0.4, -0.2) is 49.0 Å². The van der Waals surface area contributed by atoms with Crippen LogP contribution in [0.5, 0.6) is 0 Å². The Hall–Kier alpha value is -2.14. The number of quaternary nitrogens is 1. The van der Waals surface area contributed by atoms with Crippen LogP contribution in [0, 0.1) is 5.92 Å². The number of carbonyl (C=O) groups is 1. The number of piperazine rings is 1. The van der Waals surface area contributed by atoms with Crippen molar-refractivity contribution in [3.8, 4) is 0 Å². The number of nitrogens with zero attached hydrogens (tertiary/aromatic N) is 3. The molecule has 5 heteroatoms. The summed E-state index contributed by atoms with van der Waals surface area (Å²) in [5.41, 5.74) is 1.17. The van der Waals surface area contributed by atoms with Gasteiger partial charge in [0.05, 0.1) is 13.2 Å². The summed E-state index contributed by atoms with van der Waals surface area (Å²) in [6.07, 6.45) is 4.12. The zero-order valence-corrected chi connectivity index (χ0v) is 13.5. The van der Waals surface area contributed by atoms with E-state index in [0.29, 0.717) is 11.8 Å². The smallest absolute Gasteiger partial charge is 0.225 e. The van der Waals surface area contributed by atoms with Gasteiger partial charge in [-0.3, -0.25) is 4.79 Å². The van der Waals surface area contributed by atoms with E-state index in [1.54, 1.807) is 0 Å². The van der Waals surface area contributed by atoms with Crippen molar-refractivity contribution in [3.63, 3.8) is 0 Å². The molecule has 0 atom stereocenters. The minimum absolute atomic E-state index is 0.319. The number of hydrogen-bond acceptors (Lipinski definition) is 3. The van der Waals surface area contributed by atoms with Gasteiger partial charge in [-0.2, -0.15) is 0 Å². The molecule has 4 rings (SSSR count). The summed E-state index contributed by atoms with van der Waals surface area (Å²) in [6.45, 7) is 3.36. The van der Waals surface area contributed by atoms with Gasteiger partial charge >= 0.3 is 0 Å². The second-order valence-corrected chi connectivity index (χ2v) is 6.46. The molecule has 2 heterocycles. The average Bonchev–Trinajstić information content (AvgIpc) is 3.45. The number of nitrogens with two attached hydrogens (primary N) is 1. The number of benzene rings is 1. The molecule has 0 spiro atoms. The van der Waals surface area contributed by atoms with Gasteiger partial charge in [0.25, 0.3) is 0 Å². The van der Waals surface area contributed by atoms with Gasteiger partial charge in [-0.05, 0) is 18.9 Å². The Morgan fingerprint density at radius 3 is 2.48 bits per heavy atom. The zero-order chi connectivity index (χ0) is 15.8. The Kier molecular flexibility index (Phi) is 3.65. The highest BCUT2D eigenvalue weighted by Gasteiger charge is 2.34. The maximum absolute atomic E-state index is 12.2. The standard InChI is InChI=1S/C18H22N4O/c1-19-16-12-20-17(15-5-3-2-4-14(15)16)21-8-10-22(11-9-21)18(23)13-6-7-13/h2-5,12-13,19H,6-11H2,1H3/p+1. The third kappa shape index (κ3) is 2.65. The molecule has 0 bridgehead atoms. The highest BCUT2D eigenvalue weighted by atomic mass is 16.2. The monoisotopic (exact) mass is 311 g/mol. The molecule has 2 N–H and O–H groups in total. The van der Waals surface area contributed by atoms with E-state index in [2.05, 4.69) is 34.5 Å². The fraction of sp³-hybridized carbons (Fsp3) is 0.444. The van der Waals surface area contributed by atoms with Crippen LogP contribution in [0.25, 0.3) is 10.8 Å². The van der Waals surface area contributed by atoms with E-state index in [4.69, 9.17) is 4.98 Å². The fourth-order valence-corrected chi connectivity index (χ4v) is 3.41. The molecule has 1 aromatic carbocycles. The Morgan fingerprint density at radius 1 is 1.13 bits per heavy atom. The molecular weight excluding hydrogens is 288 g/mol. The van der Waals surface area contributed by atoms with Gasteiger partial charge in [0.1, 0.15) is 5.82 Å². The molecule has 2 fully saturated rings. The first-order valence-electron chi connectivity index (χ1n) is 8.49. The summed E-state index contributed by atoms with van der Waals surface area (Å²) in [6, 6.07) is 8.44. The van der Waals surface area contributed by atoms with E-state index in [-0.39, 0.29) is 0 Å². The molecule has 1 aromatic heterocycles. The summed E-state index contributed by atoms with van der Waals surface area (Å²) in [5, 5.41) is 4.55. The third-order valence-electron chi connectivity index (χ3n) is 4.93. The van der Waals surface area contributed by atoms with Crippen LogP contribution in [0.15, 0.2) is 30.5 Å². The number of anilines is 1. The lowest BCUT2D eigenvalue weighted by molar-refractivity contribution is -0.538. The lowest BCUT2D eigenvalue weighted by Gasteiger charge is -2.36. The van der Waals surface area contributed by atoms with Gasteiger partial charge in [0.15, 0.2) is 5.69 Å². The van der Waals surface area contributed by atoms with Gasteiger partial charge < -0.3 is 15.1 Å². The molecule has 1 aliphatic carbocycles. The Morgan fingerprint density at radius 2 is 1.83 bits per heavy atom. The van der Waals surface area contributed by atoms with Crippen molar-refractivity contribution in [1.29, 1.82) is 0 Å². The minimum atomic E-state index is 0.319. The van der Waals surface area contributed by atoms with Crippen LogP contribution in [0.3, 0.4) is 0 Å². The molecule has 5 nitrogen and oxygen atoms in total. The van der Waals surface area contributed by atoms with E-state index < -0.39 is 0 Å². The third-order valence-corrected chi connectivity index (χ3v) is 4.93. The second-order valence-electron chi connectivity index (χ2n) is 6.46. The minimum Gasteiger partial charge on any atom is -0.353 e. The van der Waals surface area contributed by atoms with Crippen molar-refractivity contribution in [3.05, 3.63) is 30.5 Å². The van der Waals surface area contributed by atoms with E-state index in [1.807, 2.05) is 18.1 Å². The summed E-state index contributed by atoms with van der Waals surface area (Å²) in [7, 11) is 2.05.